The minimum atomic E-state index is 0.569. The third kappa shape index (κ3) is 1.42. The molecule has 0 spiro atoms. The molecule has 0 fully saturated rings. The van der Waals surface area contributed by atoms with E-state index in [0.717, 1.165) is 13.0 Å². The summed E-state index contributed by atoms with van der Waals surface area (Å²) >= 11 is 0. The van der Waals surface area contributed by atoms with Gasteiger partial charge >= 0.3 is 0 Å². The van der Waals surface area contributed by atoms with E-state index in [2.05, 4.69) is 25.2 Å². The van der Waals surface area contributed by atoms with Crippen LogP contribution in [-0.2, 0) is 0 Å². The predicted octanol–water partition coefficient (Wildman–Crippen LogP) is 1.47. The Morgan fingerprint density at radius 1 is 1.78 bits per heavy atom. The fourth-order valence-corrected chi connectivity index (χ4v) is 0.981. The Hall–Kier alpha value is -0.560. The first-order chi connectivity index (χ1) is 4.34. The summed E-state index contributed by atoms with van der Waals surface area (Å²) in [5, 5.41) is 0. The van der Waals surface area contributed by atoms with E-state index < -0.39 is 0 Å². The Morgan fingerprint density at radius 3 is 3.00 bits per heavy atom. The van der Waals surface area contributed by atoms with Gasteiger partial charge in [-0.3, -0.25) is 0 Å². The van der Waals surface area contributed by atoms with Crippen LogP contribution in [0.4, 0.5) is 0 Å². The molecule has 0 unspecified atom stereocenters. The van der Waals surface area contributed by atoms with Gasteiger partial charge in [0, 0.05) is 0 Å². The Labute approximate surface area is 56.2 Å². The summed E-state index contributed by atoms with van der Waals surface area (Å²) in [4.78, 5) is 0. The monoisotopic (exact) mass is 123 g/mol. The second-order valence-electron chi connectivity index (χ2n) is 2.51. The van der Waals surface area contributed by atoms with Gasteiger partial charge in [-0.1, -0.05) is 30.7 Å². The zero-order valence-corrected chi connectivity index (χ0v) is 5.80. The van der Waals surface area contributed by atoms with Crippen molar-refractivity contribution in [3.8, 4) is 0 Å². The molecule has 0 aliphatic heterocycles. The van der Waals surface area contributed by atoms with E-state index in [9.17, 15) is 0 Å². The summed E-state index contributed by atoms with van der Waals surface area (Å²) in [6, 6.07) is 0. The summed E-state index contributed by atoms with van der Waals surface area (Å²) in [5.41, 5.74) is 6.95. The molecule has 0 aromatic rings. The van der Waals surface area contributed by atoms with Gasteiger partial charge in [-0.05, 0) is 18.9 Å². The largest absolute Gasteiger partial charge is 0.330 e. The summed E-state index contributed by atoms with van der Waals surface area (Å²) in [5.74, 6) is 0.569. The van der Waals surface area contributed by atoms with Gasteiger partial charge in [0.1, 0.15) is 0 Å². The molecule has 0 saturated carbocycles. The van der Waals surface area contributed by atoms with Crippen LogP contribution in [-0.4, -0.2) is 6.54 Å². The first-order valence-corrected chi connectivity index (χ1v) is 3.40. The molecule has 1 nitrogen and oxygen atoms in total. The minimum absolute atomic E-state index is 0.569. The lowest BCUT2D eigenvalue weighted by Gasteiger charge is -2.07. The number of allylic oxidation sites excluding steroid dienone is 3. The molecule has 0 aromatic carbocycles. The number of rotatable bonds is 2. The molecule has 2 N–H and O–H groups in total. The number of hydrogen-bond donors (Lipinski definition) is 1. The Bertz CT molecular complexity index is 145. The van der Waals surface area contributed by atoms with E-state index in [1.165, 1.54) is 5.57 Å². The van der Waals surface area contributed by atoms with Crippen LogP contribution in [0.25, 0.3) is 0 Å². The second kappa shape index (κ2) is 2.83. The molecule has 1 aliphatic rings. The van der Waals surface area contributed by atoms with Crippen LogP contribution in [0, 0.1) is 5.92 Å². The van der Waals surface area contributed by atoms with Crippen LogP contribution in [0.2, 0.25) is 0 Å². The highest BCUT2D eigenvalue weighted by Crippen LogP contribution is 2.18. The van der Waals surface area contributed by atoms with Crippen LogP contribution in [0.15, 0.2) is 23.8 Å². The Balaban J connectivity index is 2.45. The lowest BCUT2D eigenvalue weighted by Crippen LogP contribution is -2.11. The van der Waals surface area contributed by atoms with Crippen molar-refractivity contribution in [3.05, 3.63) is 23.8 Å². The zero-order chi connectivity index (χ0) is 6.69. The van der Waals surface area contributed by atoms with Crippen LogP contribution in [0.3, 0.4) is 0 Å². The van der Waals surface area contributed by atoms with Crippen molar-refractivity contribution in [3.63, 3.8) is 0 Å². The van der Waals surface area contributed by atoms with Crippen LogP contribution in [0.5, 0.6) is 0 Å². The van der Waals surface area contributed by atoms with Crippen LogP contribution >= 0.6 is 0 Å². The van der Waals surface area contributed by atoms with Crippen molar-refractivity contribution < 1.29 is 0 Å². The molecule has 0 aromatic heterocycles. The van der Waals surface area contributed by atoms with Gasteiger partial charge < -0.3 is 5.73 Å². The van der Waals surface area contributed by atoms with Gasteiger partial charge in [-0.2, -0.15) is 0 Å². The van der Waals surface area contributed by atoms with Crippen molar-refractivity contribution in [1.82, 2.24) is 0 Å². The van der Waals surface area contributed by atoms with Gasteiger partial charge in [0.25, 0.3) is 0 Å². The molecular formula is C8H13N. The maximum Gasteiger partial charge on any atom is -0.00139 e. The van der Waals surface area contributed by atoms with Gasteiger partial charge in [0.05, 0.1) is 0 Å². The summed E-state index contributed by atoms with van der Waals surface area (Å²) in [7, 11) is 0. The molecule has 0 radical (unpaired) electrons. The molecule has 1 aliphatic carbocycles. The number of hydrogen-bond acceptors (Lipinski definition) is 1. The first kappa shape index (κ1) is 6.56. The molecule has 50 valence electrons. The standard InChI is InChI=1S/C8H13N/c1-7(6-9)8-4-2-3-5-8/h2-4,7H,5-6,9H2,1H3/t7-/m1/s1. The molecule has 0 saturated heterocycles. The normalized spacial score (nSPS) is 20.0. The molecule has 0 bridgehead atoms. The van der Waals surface area contributed by atoms with Gasteiger partial charge in [0.15, 0.2) is 0 Å². The zero-order valence-electron chi connectivity index (χ0n) is 5.80. The quantitative estimate of drug-likeness (QED) is 0.591. The maximum absolute atomic E-state index is 5.48. The average molecular weight is 123 g/mol. The lowest BCUT2D eigenvalue weighted by atomic mass is 10.0. The molecular weight excluding hydrogens is 110 g/mol. The van der Waals surface area contributed by atoms with E-state index in [0.29, 0.717) is 5.92 Å². The third-order valence-electron chi connectivity index (χ3n) is 1.79. The first-order valence-electron chi connectivity index (χ1n) is 3.40. The van der Waals surface area contributed by atoms with E-state index in [1.54, 1.807) is 0 Å². The lowest BCUT2D eigenvalue weighted by molar-refractivity contribution is 0.683. The molecule has 9 heavy (non-hydrogen) atoms. The smallest absolute Gasteiger partial charge is 0.00139 e. The van der Waals surface area contributed by atoms with Gasteiger partial charge in [0.2, 0.25) is 0 Å². The van der Waals surface area contributed by atoms with Crippen molar-refractivity contribution in [2.45, 2.75) is 13.3 Å². The minimum Gasteiger partial charge on any atom is -0.330 e. The van der Waals surface area contributed by atoms with E-state index in [-0.39, 0.29) is 0 Å². The van der Waals surface area contributed by atoms with E-state index >= 15 is 0 Å². The highest BCUT2D eigenvalue weighted by Gasteiger charge is 2.05. The summed E-state index contributed by atoms with van der Waals surface area (Å²) in [6.45, 7) is 2.94. The van der Waals surface area contributed by atoms with E-state index in [4.69, 9.17) is 5.73 Å². The SMILES string of the molecule is C[C@H](CN)C1=CC=CC1. The topological polar surface area (TPSA) is 26.0 Å². The number of nitrogens with two attached hydrogens (primary N) is 1. The molecule has 0 heterocycles. The van der Waals surface area contributed by atoms with Crippen LogP contribution in [0.1, 0.15) is 13.3 Å². The maximum atomic E-state index is 5.48. The predicted molar refractivity (Wildman–Crippen MR) is 40.1 cm³/mol. The average Bonchev–Trinajstić information content (AvgIpc) is 2.37. The van der Waals surface area contributed by atoms with Crippen molar-refractivity contribution in [1.29, 1.82) is 0 Å². The van der Waals surface area contributed by atoms with Gasteiger partial charge in [-0.25, -0.2) is 0 Å². The van der Waals surface area contributed by atoms with Crippen molar-refractivity contribution >= 4 is 0 Å². The molecule has 1 heteroatoms. The van der Waals surface area contributed by atoms with E-state index in [1.807, 2.05) is 0 Å². The van der Waals surface area contributed by atoms with Gasteiger partial charge in [-0.15, -0.1) is 0 Å². The Morgan fingerprint density at radius 2 is 2.56 bits per heavy atom. The fourth-order valence-electron chi connectivity index (χ4n) is 0.981. The van der Waals surface area contributed by atoms with Crippen molar-refractivity contribution in [2.75, 3.05) is 6.54 Å². The highest BCUT2D eigenvalue weighted by atomic mass is 14.5. The van der Waals surface area contributed by atoms with Crippen LogP contribution < -0.4 is 5.73 Å². The highest BCUT2D eigenvalue weighted by molar-refractivity contribution is 5.24. The molecule has 1 rings (SSSR count). The third-order valence-corrected chi connectivity index (χ3v) is 1.79. The summed E-state index contributed by atoms with van der Waals surface area (Å²) < 4.78 is 0. The fraction of sp³-hybridized carbons (Fsp3) is 0.500. The van der Waals surface area contributed by atoms with Crippen molar-refractivity contribution in [2.24, 2.45) is 11.7 Å². The summed E-state index contributed by atoms with van der Waals surface area (Å²) in [6.07, 6.45) is 7.54. The molecule has 1 atom stereocenters. The Kier molecular flexibility index (Phi) is 2.06. The second-order valence-corrected chi connectivity index (χ2v) is 2.51. The molecule has 0 amide bonds.